The van der Waals surface area contributed by atoms with Gasteiger partial charge in [-0.15, -0.1) is 0 Å². The minimum Gasteiger partial charge on any atom is -0.468 e. The molecule has 95 heavy (non-hydrogen) atoms. The number of ether oxygens (including phenoxy) is 1. The van der Waals surface area contributed by atoms with E-state index in [1.165, 1.54) is 10.9 Å². The second-order valence-electron chi connectivity index (χ2n) is 24.8. The summed E-state index contributed by atoms with van der Waals surface area (Å²) in [6, 6.07) is 120. The molecule has 452 valence electrons. The number of rotatable bonds is 15. The van der Waals surface area contributed by atoms with Crippen molar-refractivity contribution in [3.8, 4) is 33.8 Å². The minimum absolute atomic E-state index is 0.115. The van der Waals surface area contributed by atoms with Gasteiger partial charge in [-0.25, -0.2) is 0 Å². The minimum atomic E-state index is -0.412. The molecule has 3 aliphatic heterocycles. The van der Waals surface area contributed by atoms with Crippen molar-refractivity contribution in [2.45, 2.75) is 18.8 Å². The van der Waals surface area contributed by atoms with Gasteiger partial charge >= 0.3 is 6.71 Å². The van der Waals surface area contributed by atoms with E-state index in [2.05, 4.69) is 372 Å². The molecule has 0 spiro atoms. The van der Waals surface area contributed by atoms with Gasteiger partial charge in [0.05, 0.1) is 22.7 Å². The molecule has 17 rings (SSSR count). The molecule has 0 radical (unpaired) electrons. The van der Waals surface area contributed by atoms with Gasteiger partial charge in [0, 0.05) is 104 Å². The lowest BCUT2D eigenvalue weighted by atomic mass is 9.29. The van der Waals surface area contributed by atoms with Gasteiger partial charge in [0.2, 0.25) is 6.71 Å². The number of furan rings is 1. The summed E-state index contributed by atoms with van der Waals surface area (Å²) < 4.78 is 15.4. The molecule has 0 amide bonds. The first kappa shape index (κ1) is 57.0. The number of fused-ring (bicyclic) bond motifs is 7. The lowest BCUT2D eigenvalue weighted by Gasteiger charge is -2.48. The summed E-state index contributed by atoms with van der Waals surface area (Å²) in [5, 5.41) is 1.03. The third-order valence-electron chi connectivity index (χ3n) is 19.5. The van der Waals surface area contributed by atoms with Crippen molar-refractivity contribution in [3.05, 3.63) is 346 Å². The molecular weight excluding hydrogens is 1160 g/mol. The topological polar surface area (TPSA) is 38.6 Å². The van der Waals surface area contributed by atoms with Gasteiger partial charge in [-0.3, -0.25) is 0 Å². The molecule has 7 nitrogen and oxygen atoms in total. The van der Waals surface area contributed by atoms with Crippen LogP contribution in [0.3, 0.4) is 0 Å². The zero-order chi connectivity index (χ0) is 63.3. The quantitative estimate of drug-likeness (QED) is 0.0947. The molecule has 0 saturated carbocycles. The van der Waals surface area contributed by atoms with Gasteiger partial charge in [-0.2, -0.15) is 0 Å². The molecule has 3 aliphatic rings. The number of hydrogen-bond donors (Lipinski definition) is 0. The number of anilines is 12. The second kappa shape index (κ2) is 24.3. The highest BCUT2D eigenvalue weighted by Gasteiger charge is 2.50. The van der Waals surface area contributed by atoms with Gasteiger partial charge in [0.15, 0.2) is 0 Å². The standard InChI is InChI=1S/C86H65B2N5O2/c1-3-89(63-37-16-6-17-38-63)77-53-30-29-52-73(77)87-74-57-75-81(58-78(74)90(59-76(87)60(2)91(64-39-18-7-19-40-64)65-41-20-8-21-42-65)84-70(61-33-12-4-13-34-61)50-32-51-71(84)62-35-14-5-15-36-62)94-82-56-69(92(66-43-22-9-23-44-66)67-45-24-10-25-46-67)55-79-83(82)88(75)86-85(72-49-28-31-54-80(72)95-86)93(79)68-47-26-11-27-48-68/h3-58,60,76H,1,59H2,2H3/t60-,76?/m0/s1. The van der Waals surface area contributed by atoms with Crippen LogP contribution in [0, 0.1) is 0 Å². The van der Waals surface area contributed by atoms with Gasteiger partial charge in [0.25, 0.3) is 0 Å². The van der Waals surface area contributed by atoms with Crippen molar-refractivity contribution in [3.63, 3.8) is 0 Å². The zero-order valence-corrected chi connectivity index (χ0v) is 52.6. The second-order valence-corrected chi connectivity index (χ2v) is 24.8. The van der Waals surface area contributed by atoms with Crippen molar-refractivity contribution < 1.29 is 9.15 Å². The van der Waals surface area contributed by atoms with Crippen molar-refractivity contribution in [2.24, 2.45) is 0 Å². The fraction of sp³-hybridized carbons (Fsp3) is 0.0465. The SMILES string of the molecule is C=CN(c1ccccc1)c1ccccc1B1c2cc3c(cc2N(c2c(-c4ccccc4)cccc2-c2ccccc2)CC1[C@H](C)N(c1ccccc1)c1ccccc1)Oc1cc(N(c2ccccc2)c2ccccc2)cc2c1B3c1oc3ccccc3c1N2c1ccccc1. The van der Waals surface area contributed by atoms with Crippen LogP contribution in [0.5, 0.6) is 11.5 Å². The molecule has 0 saturated heterocycles. The van der Waals surface area contributed by atoms with Crippen molar-refractivity contribution in [1.29, 1.82) is 0 Å². The fourth-order valence-electron chi connectivity index (χ4n) is 15.4. The Labute approximate surface area is 556 Å². The molecule has 4 heterocycles. The normalized spacial score (nSPS) is 13.8. The van der Waals surface area contributed by atoms with Crippen molar-refractivity contribution >= 4 is 120 Å². The molecule has 13 aromatic carbocycles. The van der Waals surface area contributed by atoms with E-state index in [0.29, 0.717) is 6.54 Å². The third kappa shape index (κ3) is 9.94. The molecule has 0 bridgehead atoms. The zero-order valence-electron chi connectivity index (χ0n) is 52.6. The fourth-order valence-corrected chi connectivity index (χ4v) is 15.4. The van der Waals surface area contributed by atoms with Gasteiger partial charge < -0.3 is 33.7 Å². The Balaban J connectivity index is 0.991. The van der Waals surface area contributed by atoms with Crippen LogP contribution in [-0.2, 0) is 0 Å². The van der Waals surface area contributed by atoms with Gasteiger partial charge in [-0.05, 0) is 126 Å². The van der Waals surface area contributed by atoms with E-state index in [9.17, 15) is 0 Å². The average Bonchev–Trinajstić information content (AvgIpc) is 1.69. The largest absolute Gasteiger partial charge is 0.468 e. The predicted molar refractivity (Wildman–Crippen MR) is 400 cm³/mol. The first-order chi connectivity index (χ1) is 47.1. The van der Waals surface area contributed by atoms with E-state index >= 15 is 0 Å². The molecule has 0 N–H and O–H groups in total. The molecule has 2 atom stereocenters. The van der Waals surface area contributed by atoms with Crippen molar-refractivity contribution in [2.75, 3.05) is 31.0 Å². The average molecular weight is 1220 g/mol. The highest BCUT2D eigenvalue weighted by Crippen LogP contribution is 2.52. The Morgan fingerprint density at radius 2 is 0.968 bits per heavy atom. The lowest BCUT2D eigenvalue weighted by molar-refractivity contribution is 0.487. The highest BCUT2D eigenvalue weighted by atomic mass is 16.5. The lowest BCUT2D eigenvalue weighted by Crippen LogP contribution is -2.63. The maximum absolute atomic E-state index is 7.90. The van der Waals surface area contributed by atoms with E-state index in [1.54, 1.807) is 0 Å². The number of nitrogens with zero attached hydrogens (tertiary/aromatic N) is 5. The van der Waals surface area contributed by atoms with E-state index in [0.717, 1.165) is 130 Å². The molecule has 0 fully saturated rings. The Morgan fingerprint density at radius 3 is 1.56 bits per heavy atom. The summed E-state index contributed by atoms with van der Waals surface area (Å²) >= 11 is 0. The highest BCUT2D eigenvalue weighted by molar-refractivity contribution is 6.99. The van der Waals surface area contributed by atoms with Crippen LogP contribution in [0.2, 0.25) is 5.82 Å². The summed E-state index contributed by atoms with van der Waals surface area (Å²) in [6.45, 7) is 6.95. The summed E-state index contributed by atoms with van der Waals surface area (Å²) in [7, 11) is 0. The van der Waals surface area contributed by atoms with E-state index < -0.39 is 6.71 Å². The van der Waals surface area contributed by atoms with Crippen LogP contribution >= 0.6 is 0 Å². The van der Waals surface area contributed by atoms with E-state index in [1.807, 2.05) is 6.20 Å². The van der Waals surface area contributed by atoms with Crippen LogP contribution in [0.25, 0.3) is 33.2 Å². The van der Waals surface area contributed by atoms with Crippen LogP contribution in [-0.4, -0.2) is 26.0 Å². The first-order valence-electron chi connectivity index (χ1n) is 32.8. The van der Waals surface area contributed by atoms with Crippen LogP contribution < -0.4 is 56.7 Å². The van der Waals surface area contributed by atoms with E-state index in [4.69, 9.17) is 9.15 Å². The first-order valence-corrected chi connectivity index (χ1v) is 32.8. The summed E-state index contributed by atoms with van der Waals surface area (Å²) in [6.07, 6.45) is 1.97. The van der Waals surface area contributed by atoms with Crippen LogP contribution in [0.15, 0.2) is 351 Å². The maximum Gasteiger partial charge on any atom is 0.301 e. The molecule has 14 aromatic rings. The Morgan fingerprint density at radius 1 is 0.453 bits per heavy atom. The summed E-state index contributed by atoms with van der Waals surface area (Å²) in [5.41, 5.74) is 23.2. The predicted octanol–water partition coefficient (Wildman–Crippen LogP) is 19.3. The molecule has 1 unspecified atom stereocenters. The molecule has 1 aromatic heterocycles. The monoisotopic (exact) mass is 1220 g/mol. The Hall–Kier alpha value is -11.9. The number of benzene rings is 13. The summed E-state index contributed by atoms with van der Waals surface area (Å²) in [5.74, 6) is 1.41. The van der Waals surface area contributed by atoms with Crippen LogP contribution in [0.4, 0.5) is 68.2 Å². The molecule has 9 heteroatoms. The van der Waals surface area contributed by atoms with E-state index in [-0.39, 0.29) is 18.6 Å². The Kier molecular flexibility index (Phi) is 14.6. The van der Waals surface area contributed by atoms with Crippen molar-refractivity contribution in [1.82, 2.24) is 0 Å². The number of para-hydroxylation sites is 9. The Bertz CT molecular complexity index is 4970. The third-order valence-corrected chi connectivity index (χ3v) is 19.5. The smallest absolute Gasteiger partial charge is 0.301 e. The molecular formula is C86H65B2N5O2. The summed E-state index contributed by atoms with van der Waals surface area (Å²) in [4.78, 5) is 12.3. The van der Waals surface area contributed by atoms with Gasteiger partial charge in [0.1, 0.15) is 17.1 Å². The maximum atomic E-state index is 7.90. The molecule has 0 aliphatic carbocycles. The van der Waals surface area contributed by atoms with Gasteiger partial charge in [-0.1, -0.05) is 242 Å². The van der Waals surface area contributed by atoms with Crippen LogP contribution in [0.1, 0.15) is 6.92 Å². The number of hydrogen-bond acceptors (Lipinski definition) is 7.